The molecule has 1 aliphatic rings. The SMILES string of the molecule is CS(=O)(=O)N(Cc1ccc(F)cc1)c1ccc(OCC(=O)NCCC2=CCCCC2)cc1. The van der Waals surface area contributed by atoms with Crippen molar-refractivity contribution >= 4 is 21.6 Å². The van der Waals surface area contributed by atoms with Crippen molar-refractivity contribution in [2.45, 2.75) is 38.6 Å². The van der Waals surface area contributed by atoms with Crippen LogP contribution in [0.2, 0.25) is 0 Å². The minimum atomic E-state index is -3.55. The summed E-state index contributed by atoms with van der Waals surface area (Å²) in [5, 5.41) is 2.86. The van der Waals surface area contributed by atoms with Crippen molar-refractivity contribution in [3.05, 3.63) is 71.6 Å². The number of carbonyl (C=O) groups is 1. The molecule has 0 atom stereocenters. The third kappa shape index (κ3) is 7.37. The normalized spacial score (nSPS) is 13.9. The summed E-state index contributed by atoms with van der Waals surface area (Å²) in [7, 11) is -3.55. The number of amides is 1. The van der Waals surface area contributed by atoms with Crippen LogP contribution in [0.3, 0.4) is 0 Å². The Balaban J connectivity index is 1.52. The number of sulfonamides is 1. The van der Waals surface area contributed by atoms with Crippen LogP contribution >= 0.6 is 0 Å². The molecule has 2 aromatic carbocycles. The zero-order valence-corrected chi connectivity index (χ0v) is 19.0. The van der Waals surface area contributed by atoms with Gasteiger partial charge in [-0.25, -0.2) is 12.8 Å². The summed E-state index contributed by atoms with van der Waals surface area (Å²) in [6.07, 6.45) is 8.97. The molecule has 1 amide bonds. The first-order chi connectivity index (χ1) is 15.3. The lowest BCUT2D eigenvalue weighted by Crippen LogP contribution is -2.30. The Morgan fingerprint density at radius 2 is 1.81 bits per heavy atom. The van der Waals surface area contributed by atoms with Crippen LogP contribution in [0.25, 0.3) is 0 Å². The molecule has 8 heteroatoms. The topological polar surface area (TPSA) is 75.7 Å². The number of anilines is 1. The maximum Gasteiger partial charge on any atom is 0.257 e. The molecule has 0 heterocycles. The number of benzene rings is 2. The van der Waals surface area contributed by atoms with Gasteiger partial charge in [-0.15, -0.1) is 0 Å². The van der Waals surface area contributed by atoms with Gasteiger partial charge in [-0.3, -0.25) is 9.10 Å². The second-order valence-electron chi connectivity index (χ2n) is 7.89. The molecule has 0 radical (unpaired) electrons. The Morgan fingerprint density at radius 3 is 2.44 bits per heavy atom. The van der Waals surface area contributed by atoms with E-state index in [9.17, 15) is 17.6 Å². The summed E-state index contributed by atoms with van der Waals surface area (Å²) >= 11 is 0. The molecule has 0 unspecified atom stereocenters. The highest BCUT2D eigenvalue weighted by molar-refractivity contribution is 7.92. The van der Waals surface area contributed by atoms with Crippen molar-refractivity contribution in [3.63, 3.8) is 0 Å². The average molecular weight is 461 g/mol. The van der Waals surface area contributed by atoms with Crippen molar-refractivity contribution in [2.24, 2.45) is 0 Å². The molecule has 172 valence electrons. The Morgan fingerprint density at radius 1 is 1.09 bits per heavy atom. The fourth-order valence-corrected chi connectivity index (χ4v) is 4.45. The van der Waals surface area contributed by atoms with Gasteiger partial charge in [0.2, 0.25) is 10.0 Å². The van der Waals surface area contributed by atoms with Gasteiger partial charge in [-0.2, -0.15) is 0 Å². The minimum absolute atomic E-state index is 0.0815. The van der Waals surface area contributed by atoms with Crippen molar-refractivity contribution in [2.75, 3.05) is 23.7 Å². The molecule has 0 aliphatic heterocycles. The second kappa shape index (κ2) is 11.1. The largest absolute Gasteiger partial charge is 0.484 e. The molecule has 6 nitrogen and oxygen atoms in total. The highest BCUT2D eigenvalue weighted by Crippen LogP contribution is 2.24. The van der Waals surface area contributed by atoms with Crippen LogP contribution < -0.4 is 14.4 Å². The zero-order valence-electron chi connectivity index (χ0n) is 18.2. The lowest BCUT2D eigenvalue weighted by atomic mass is 9.97. The maximum atomic E-state index is 13.1. The van der Waals surface area contributed by atoms with Crippen molar-refractivity contribution in [1.82, 2.24) is 5.32 Å². The van der Waals surface area contributed by atoms with E-state index in [1.807, 2.05) is 0 Å². The van der Waals surface area contributed by atoms with E-state index < -0.39 is 10.0 Å². The average Bonchev–Trinajstić information content (AvgIpc) is 2.78. The van der Waals surface area contributed by atoms with Gasteiger partial charge in [0.1, 0.15) is 11.6 Å². The lowest BCUT2D eigenvalue weighted by Gasteiger charge is -2.22. The van der Waals surface area contributed by atoms with E-state index in [1.165, 1.54) is 34.9 Å². The smallest absolute Gasteiger partial charge is 0.257 e. The van der Waals surface area contributed by atoms with Crippen molar-refractivity contribution < 1.29 is 22.3 Å². The van der Waals surface area contributed by atoms with E-state index >= 15 is 0 Å². The Hall–Kier alpha value is -2.87. The van der Waals surface area contributed by atoms with E-state index in [1.54, 1.807) is 36.4 Å². The molecule has 3 rings (SSSR count). The van der Waals surface area contributed by atoms with Crippen LogP contribution in [-0.4, -0.2) is 33.7 Å². The van der Waals surface area contributed by atoms with Gasteiger partial charge in [-0.05, 0) is 74.1 Å². The quantitative estimate of drug-likeness (QED) is 0.540. The summed E-state index contributed by atoms with van der Waals surface area (Å²) in [5.74, 6) is -0.107. The van der Waals surface area contributed by atoms with Crippen LogP contribution in [0.5, 0.6) is 5.75 Å². The molecule has 0 saturated carbocycles. The van der Waals surface area contributed by atoms with E-state index in [-0.39, 0.29) is 24.9 Å². The summed E-state index contributed by atoms with van der Waals surface area (Å²) < 4.78 is 44.5. The number of carbonyl (C=O) groups excluding carboxylic acids is 1. The van der Waals surface area contributed by atoms with E-state index in [0.717, 1.165) is 25.5 Å². The van der Waals surface area contributed by atoms with Gasteiger partial charge < -0.3 is 10.1 Å². The number of halogens is 1. The first-order valence-electron chi connectivity index (χ1n) is 10.7. The van der Waals surface area contributed by atoms with Crippen molar-refractivity contribution in [3.8, 4) is 5.75 Å². The Kier molecular flexibility index (Phi) is 8.27. The molecule has 0 bridgehead atoms. The highest BCUT2D eigenvalue weighted by atomic mass is 32.2. The molecule has 1 aliphatic carbocycles. The van der Waals surface area contributed by atoms with Crippen LogP contribution in [-0.2, 0) is 21.4 Å². The molecule has 1 N–H and O–H groups in total. The third-order valence-electron chi connectivity index (χ3n) is 5.29. The van der Waals surface area contributed by atoms with Gasteiger partial charge in [0.05, 0.1) is 18.5 Å². The number of nitrogens with one attached hydrogen (secondary N) is 1. The molecular formula is C24H29FN2O4S. The third-order valence-corrected chi connectivity index (χ3v) is 6.43. The molecule has 0 aromatic heterocycles. The first kappa shape index (κ1) is 23.8. The summed E-state index contributed by atoms with van der Waals surface area (Å²) in [6.45, 7) is 0.571. The molecule has 0 saturated heterocycles. The standard InChI is InChI=1S/C24H29FN2O4S/c1-32(29,30)27(17-20-7-9-21(25)10-8-20)22-11-13-23(14-12-22)31-18-24(28)26-16-15-19-5-3-2-4-6-19/h5,7-14H,2-4,6,15-18H2,1H3,(H,26,28). The number of hydrogen-bond donors (Lipinski definition) is 1. The maximum absolute atomic E-state index is 13.1. The number of rotatable bonds is 10. The van der Waals surface area contributed by atoms with Crippen LogP contribution in [0, 0.1) is 5.82 Å². The molecule has 0 fully saturated rings. The van der Waals surface area contributed by atoms with Gasteiger partial charge >= 0.3 is 0 Å². The van der Waals surface area contributed by atoms with E-state index in [4.69, 9.17) is 4.74 Å². The highest BCUT2D eigenvalue weighted by Gasteiger charge is 2.18. The Labute approximate surface area is 189 Å². The molecule has 2 aromatic rings. The second-order valence-corrected chi connectivity index (χ2v) is 9.79. The lowest BCUT2D eigenvalue weighted by molar-refractivity contribution is -0.123. The van der Waals surface area contributed by atoms with Gasteiger partial charge in [0.15, 0.2) is 6.61 Å². The van der Waals surface area contributed by atoms with E-state index in [0.29, 0.717) is 23.5 Å². The van der Waals surface area contributed by atoms with Gasteiger partial charge in [0, 0.05) is 6.54 Å². The monoisotopic (exact) mass is 460 g/mol. The van der Waals surface area contributed by atoms with Crippen LogP contribution in [0.1, 0.15) is 37.7 Å². The van der Waals surface area contributed by atoms with Crippen molar-refractivity contribution in [1.29, 1.82) is 0 Å². The first-order valence-corrected chi connectivity index (χ1v) is 12.6. The molecule has 0 spiro atoms. The van der Waals surface area contributed by atoms with Crippen LogP contribution in [0.4, 0.5) is 10.1 Å². The van der Waals surface area contributed by atoms with E-state index in [2.05, 4.69) is 11.4 Å². The predicted molar refractivity (Wildman–Crippen MR) is 124 cm³/mol. The minimum Gasteiger partial charge on any atom is -0.484 e. The number of nitrogens with zero attached hydrogens (tertiary/aromatic N) is 1. The fraction of sp³-hybridized carbons (Fsp3) is 0.375. The Bertz CT molecular complexity index is 1030. The number of allylic oxidation sites excluding steroid dienone is 1. The summed E-state index contributed by atoms with van der Waals surface area (Å²) in [4.78, 5) is 12.0. The summed E-state index contributed by atoms with van der Waals surface area (Å²) in [6, 6.07) is 12.2. The van der Waals surface area contributed by atoms with Gasteiger partial charge in [-0.1, -0.05) is 23.8 Å². The molecular weight excluding hydrogens is 431 g/mol. The summed E-state index contributed by atoms with van der Waals surface area (Å²) in [5.41, 5.74) is 2.52. The molecule has 32 heavy (non-hydrogen) atoms. The van der Waals surface area contributed by atoms with Gasteiger partial charge in [0.25, 0.3) is 5.91 Å². The fourth-order valence-electron chi connectivity index (χ4n) is 3.56. The number of ether oxygens (including phenoxy) is 1. The number of hydrogen-bond acceptors (Lipinski definition) is 4. The predicted octanol–water partition coefficient (Wildman–Crippen LogP) is 4.18. The van der Waals surface area contributed by atoms with Crippen LogP contribution in [0.15, 0.2) is 60.2 Å². The zero-order chi connectivity index (χ0) is 23.0.